The zero-order chi connectivity index (χ0) is 19.9. The summed E-state index contributed by atoms with van der Waals surface area (Å²) in [7, 11) is 1.49. The molecule has 0 spiro atoms. The number of halogens is 4. The van der Waals surface area contributed by atoms with Crippen molar-refractivity contribution < 1.29 is 17.9 Å². The Balaban J connectivity index is 1.92. The van der Waals surface area contributed by atoms with Crippen LogP contribution in [0.15, 0.2) is 60.7 Å². The van der Waals surface area contributed by atoms with Gasteiger partial charge in [-0.1, -0.05) is 35.9 Å². The lowest BCUT2D eigenvalue weighted by atomic mass is 10.1. The fraction of sp³-hybridized carbons (Fsp3) is 0.100. The molecule has 0 N–H and O–H groups in total. The first-order valence-electron chi connectivity index (χ1n) is 8.23. The number of ether oxygens (including phenoxy) is 1. The molecule has 0 fully saturated rings. The summed E-state index contributed by atoms with van der Waals surface area (Å²) in [4.78, 5) is 4.38. The highest BCUT2D eigenvalue weighted by molar-refractivity contribution is 6.30. The third-order valence-corrected chi connectivity index (χ3v) is 4.48. The molecule has 0 atom stereocenters. The maximum atomic E-state index is 13.7. The van der Waals surface area contributed by atoms with Crippen LogP contribution in [-0.4, -0.2) is 21.7 Å². The molecule has 0 amide bonds. The van der Waals surface area contributed by atoms with E-state index >= 15 is 0 Å². The minimum absolute atomic E-state index is 0.0950. The summed E-state index contributed by atoms with van der Waals surface area (Å²) in [6, 6.07) is 15.9. The van der Waals surface area contributed by atoms with E-state index < -0.39 is 11.9 Å². The largest absolute Gasteiger partial charge is 0.497 e. The van der Waals surface area contributed by atoms with Crippen molar-refractivity contribution in [3.05, 3.63) is 71.4 Å². The van der Waals surface area contributed by atoms with Crippen LogP contribution in [0.2, 0.25) is 5.02 Å². The van der Waals surface area contributed by atoms with Crippen molar-refractivity contribution in [3.63, 3.8) is 0 Å². The van der Waals surface area contributed by atoms with Gasteiger partial charge in [-0.05, 0) is 30.3 Å². The minimum Gasteiger partial charge on any atom is -0.497 e. The number of aromatic nitrogens is 3. The van der Waals surface area contributed by atoms with Crippen LogP contribution in [0.4, 0.5) is 13.2 Å². The van der Waals surface area contributed by atoms with E-state index in [4.69, 9.17) is 16.3 Å². The normalized spacial score (nSPS) is 11.8. The molecule has 4 rings (SSSR count). The van der Waals surface area contributed by atoms with Crippen molar-refractivity contribution in [2.24, 2.45) is 0 Å². The monoisotopic (exact) mass is 403 g/mol. The van der Waals surface area contributed by atoms with Crippen molar-refractivity contribution >= 4 is 17.2 Å². The first-order valence-corrected chi connectivity index (χ1v) is 8.61. The molecular formula is C20H13ClF3N3O. The van der Waals surface area contributed by atoms with Crippen LogP contribution < -0.4 is 4.74 Å². The van der Waals surface area contributed by atoms with Gasteiger partial charge in [0.25, 0.3) is 0 Å². The smallest absolute Gasteiger partial charge is 0.433 e. The van der Waals surface area contributed by atoms with Gasteiger partial charge in [0.2, 0.25) is 0 Å². The van der Waals surface area contributed by atoms with Crippen LogP contribution in [0, 0.1) is 0 Å². The molecule has 8 heteroatoms. The molecule has 0 aliphatic carbocycles. The third kappa shape index (κ3) is 3.41. The van der Waals surface area contributed by atoms with Gasteiger partial charge in [0.05, 0.1) is 18.5 Å². The summed E-state index contributed by atoms with van der Waals surface area (Å²) in [5.74, 6) is 0.531. The number of alkyl halides is 3. The summed E-state index contributed by atoms with van der Waals surface area (Å²) in [6.45, 7) is 0. The van der Waals surface area contributed by atoms with Crippen LogP contribution in [0.1, 0.15) is 5.69 Å². The fourth-order valence-corrected chi connectivity index (χ4v) is 2.99. The summed E-state index contributed by atoms with van der Waals surface area (Å²) < 4.78 is 47.0. The van der Waals surface area contributed by atoms with Crippen LogP contribution in [0.5, 0.6) is 5.75 Å². The van der Waals surface area contributed by atoms with Gasteiger partial charge in [-0.15, -0.1) is 0 Å². The van der Waals surface area contributed by atoms with Gasteiger partial charge in [-0.25, -0.2) is 9.50 Å². The Kier molecular flexibility index (Phi) is 4.47. The first kappa shape index (κ1) is 18.3. The van der Waals surface area contributed by atoms with Crippen molar-refractivity contribution in [1.82, 2.24) is 14.6 Å². The van der Waals surface area contributed by atoms with Gasteiger partial charge in [0, 0.05) is 22.2 Å². The Morgan fingerprint density at radius 3 is 2.36 bits per heavy atom. The summed E-state index contributed by atoms with van der Waals surface area (Å²) in [6.07, 6.45) is -4.60. The molecule has 0 aliphatic rings. The number of hydrogen-bond donors (Lipinski definition) is 0. The third-order valence-electron chi connectivity index (χ3n) is 4.22. The molecule has 0 aliphatic heterocycles. The van der Waals surface area contributed by atoms with E-state index in [2.05, 4.69) is 10.1 Å². The number of nitrogens with zero attached hydrogens (tertiary/aromatic N) is 3. The predicted octanol–water partition coefficient (Wildman–Crippen LogP) is 5.74. The second kappa shape index (κ2) is 6.83. The summed E-state index contributed by atoms with van der Waals surface area (Å²) >= 11 is 5.88. The number of rotatable bonds is 3. The van der Waals surface area contributed by atoms with Crippen molar-refractivity contribution in [2.45, 2.75) is 6.18 Å². The maximum absolute atomic E-state index is 13.7. The van der Waals surface area contributed by atoms with E-state index in [0.717, 1.165) is 10.6 Å². The number of hydrogen-bond acceptors (Lipinski definition) is 3. The van der Waals surface area contributed by atoms with Crippen LogP contribution >= 0.6 is 11.6 Å². The summed E-state index contributed by atoms with van der Waals surface area (Å²) in [5.41, 5.74) is 0.902. The van der Waals surface area contributed by atoms with Crippen LogP contribution in [0.3, 0.4) is 0 Å². The molecule has 2 aromatic carbocycles. The molecule has 4 nitrogen and oxygen atoms in total. The van der Waals surface area contributed by atoms with Crippen LogP contribution in [0.25, 0.3) is 28.2 Å². The topological polar surface area (TPSA) is 39.4 Å². The molecule has 0 bridgehead atoms. The standard InChI is InChI=1S/C20H13ClF3N3O/c1-28-15-4-2-3-13(9-15)16-10-18(20(22,23)24)27-19(25-16)11-17(26-27)12-5-7-14(21)8-6-12/h2-11H,1H3. The maximum Gasteiger partial charge on any atom is 0.433 e. The van der Waals surface area contributed by atoms with Crippen molar-refractivity contribution in [1.29, 1.82) is 0 Å². The Labute approximate surface area is 163 Å². The quantitative estimate of drug-likeness (QED) is 0.437. The van der Waals surface area contributed by atoms with Gasteiger partial charge in [0.15, 0.2) is 11.3 Å². The second-order valence-corrected chi connectivity index (χ2v) is 6.50. The Morgan fingerprint density at radius 1 is 0.929 bits per heavy atom. The Morgan fingerprint density at radius 2 is 1.68 bits per heavy atom. The zero-order valence-electron chi connectivity index (χ0n) is 14.5. The van der Waals surface area contributed by atoms with Crippen molar-refractivity contribution in [3.8, 4) is 28.3 Å². The van der Waals surface area contributed by atoms with E-state index in [1.807, 2.05) is 0 Å². The molecule has 2 heterocycles. The molecule has 28 heavy (non-hydrogen) atoms. The highest BCUT2D eigenvalue weighted by Crippen LogP contribution is 2.34. The number of fused-ring (bicyclic) bond motifs is 1. The zero-order valence-corrected chi connectivity index (χ0v) is 15.3. The molecule has 2 aromatic heterocycles. The van der Waals surface area contributed by atoms with E-state index in [1.54, 1.807) is 48.5 Å². The van der Waals surface area contributed by atoms with Crippen LogP contribution in [-0.2, 0) is 6.18 Å². The van der Waals surface area contributed by atoms with Gasteiger partial charge < -0.3 is 4.74 Å². The summed E-state index contributed by atoms with van der Waals surface area (Å²) in [5, 5.41) is 4.64. The predicted molar refractivity (Wildman–Crippen MR) is 100 cm³/mol. The SMILES string of the molecule is COc1cccc(-c2cc(C(F)(F)F)n3nc(-c4ccc(Cl)cc4)cc3n2)c1. The molecule has 0 radical (unpaired) electrons. The average Bonchev–Trinajstić information content (AvgIpc) is 3.11. The van der Waals surface area contributed by atoms with E-state index in [9.17, 15) is 13.2 Å². The van der Waals surface area contributed by atoms with E-state index in [-0.39, 0.29) is 11.3 Å². The molecule has 0 saturated heterocycles. The van der Waals surface area contributed by atoms with E-state index in [0.29, 0.717) is 27.6 Å². The lowest BCUT2D eigenvalue weighted by Crippen LogP contribution is -2.13. The van der Waals surface area contributed by atoms with Gasteiger partial charge in [-0.2, -0.15) is 18.3 Å². The number of benzene rings is 2. The fourth-order valence-electron chi connectivity index (χ4n) is 2.87. The molecular weight excluding hydrogens is 391 g/mol. The molecule has 4 aromatic rings. The first-order chi connectivity index (χ1) is 13.3. The highest BCUT2D eigenvalue weighted by atomic mass is 35.5. The molecule has 142 valence electrons. The lowest BCUT2D eigenvalue weighted by molar-refractivity contribution is -0.142. The Hall–Kier alpha value is -3.06. The van der Waals surface area contributed by atoms with Gasteiger partial charge in [-0.3, -0.25) is 0 Å². The van der Waals surface area contributed by atoms with Gasteiger partial charge >= 0.3 is 6.18 Å². The minimum atomic E-state index is -4.60. The number of methoxy groups -OCH3 is 1. The molecule has 0 unspecified atom stereocenters. The van der Waals surface area contributed by atoms with E-state index in [1.165, 1.54) is 13.2 Å². The van der Waals surface area contributed by atoms with Crippen molar-refractivity contribution in [2.75, 3.05) is 7.11 Å². The average molecular weight is 404 g/mol. The highest BCUT2D eigenvalue weighted by Gasteiger charge is 2.35. The second-order valence-electron chi connectivity index (χ2n) is 6.06. The molecule has 0 saturated carbocycles. The van der Waals surface area contributed by atoms with Gasteiger partial charge in [0.1, 0.15) is 5.75 Å². The Bertz CT molecular complexity index is 1150. The lowest BCUT2D eigenvalue weighted by Gasteiger charge is -2.11.